The van der Waals surface area contributed by atoms with Crippen molar-refractivity contribution in [2.45, 2.75) is 19.9 Å². The molecule has 1 unspecified atom stereocenters. The molecule has 92 valence electrons. The lowest BCUT2D eigenvalue weighted by molar-refractivity contribution is 0.130. The van der Waals surface area contributed by atoms with E-state index in [2.05, 4.69) is 10.1 Å². The van der Waals surface area contributed by atoms with Gasteiger partial charge in [0, 0.05) is 12.0 Å². The van der Waals surface area contributed by atoms with Crippen LogP contribution >= 0.6 is 11.3 Å². The van der Waals surface area contributed by atoms with Gasteiger partial charge in [-0.3, -0.25) is 0 Å². The highest BCUT2D eigenvalue weighted by molar-refractivity contribution is 7.08. The van der Waals surface area contributed by atoms with Crippen LogP contribution in [0.5, 0.6) is 0 Å². The summed E-state index contributed by atoms with van der Waals surface area (Å²) in [6.07, 6.45) is 0. The molecular formula is C11H15N3O2S. The molecule has 2 N–H and O–H groups in total. The zero-order chi connectivity index (χ0) is 12.3. The first kappa shape index (κ1) is 12.2. The van der Waals surface area contributed by atoms with Gasteiger partial charge < -0.3 is 15.0 Å². The fourth-order valence-corrected chi connectivity index (χ4v) is 2.22. The number of hydrogen-bond acceptors (Lipinski definition) is 6. The molecule has 2 aromatic rings. The Labute approximate surface area is 104 Å². The quantitative estimate of drug-likeness (QED) is 0.883. The number of aryl methyl sites for hydroxylation is 1. The third-order valence-corrected chi connectivity index (χ3v) is 3.22. The minimum absolute atomic E-state index is 0.341. The minimum Gasteiger partial charge on any atom is -0.380 e. The summed E-state index contributed by atoms with van der Waals surface area (Å²) in [6.45, 7) is 4.96. The van der Waals surface area contributed by atoms with Gasteiger partial charge in [0.2, 0.25) is 0 Å². The molecule has 0 saturated heterocycles. The van der Waals surface area contributed by atoms with E-state index in [-0.39, 0.29) is 6.04 Å². The van der Waals surface area contributed by atoms with Gasteiger partial charge in [-0.15, -0.1) is 0 Å². The maximum Gasteiger partial charge on any atom is 0.259 e. The number of thiophene rings is 1. The molecule has 2 heterocycles. The molecule has 0 aliphatic carbocycles. The highest BCUT2D eigenvalue weighted by Gasteiger charge is 2.16. The fraction of sp³-hybridized carbons (Fsp3) is 0.455. The smallest absolute Gasteiger partial charge is 0.259 e. The third-order valence-electron chi connectivity index (χ3n) is 2.36. The van der Waals surface area contributed by atoms with Crippen molar-refractivity contribution in [3.63, 3.8) is 0 Å². The molecular weight excluding hydrogens is 238 g/mol. The lowest BCUT2D eigenvalue weighted by atomic mass is 10.2. The van der Waals surface area contributed by atoms with E-state index in [9.17, 15) is 0 Å². The van der Waals surface area contributed by atoms with Gasteiger partial charge in [-0.1, -0.05) is 5.16 Å². The van der Waals surface area contributed by atoms with Crippen molar-refractivity contribution in [1.82, 2.24) is 10.1 Å². The SMILES string of the molecule is CCOCC(N)c1noc(-c2cscc2C)n1. The van der Waals surface area contributed by atoms with Crippen LogP contribution < -0.4 is 5.73 Å². The Morgan fingerprint density at radius 1 is 1.53 bits per heavy atom. The molecule has 0 spiro atoms. The first-order valence-corrected chi connectivity index (χ1v) is 6.36. The average Bonchev–Trinajstić information content (AvgIpc) is 2.93. The predicted molar refractivity (Wildman–Crippen MR) is 65.8 cm³/mol. The van der Waals surface area contributed by atoms with Gasteiger partial charge in [-0.2, -0.15) is 16.3 Å². The largest absolute Gasteiger partial charge is 0.380 e. The van der Waals surface area contributed by atoms with Gasteiger partial charge in [-0.25, -0.2) is 0 Å². The minimum atomic E-state index is -0.341. The molecule has 2 aromatic heterocycles. The predicted octanol–water partition coefficient (Wildman–Crippen LogP) is 2.14. The number of nitrogens with zero attached hydrogens (tertiary/aromatic N) is 2. The molecule has 0 amide bonds. The standard InChI is InChI=1S/C11H15N3O2S/c1-3-15-4-9(12)10-13-11(16-14-10)8-6-17-5-7(8)2/h5-6,9H,3-4,12H2,1-2H3. The van der Waals surface area contributed by atoms with Gasteiger partial charge >= 0.3 is 0 Å². The molecule has 17 heavy (non-hydrogen) atoms. The Morgan fingerprint density at radius 3 is 3.00 bits per heavy atom. The molecule has 2 rings (SSSR count). The summed E-state index contributed by atoms with van der Waals surface area (Å²) >= 11 is 1.61. The van der Waals surface area contributed by atoms with E-state index < -0.39 is 0 Å². The van der Waals surface area contributed by atoms with E-state index in [4.69, 9.17) is 15.0 Å². The number of rotatable bonds is 5. The van der Waals surface area contributed by atoms with Crippen LogP contribution in [0.25, 0.3) is 11.5 Å². The van der Waals surface area contributed by atoms with E-state index >= 15 is 0 Å². The summed E-state index contributed by atoms with van der Waals surface area (Å²) in [5, 5.41) is 7.91. The van der Waals surface area contributed by atoms with Crippen molar-refractivity contribution in [1.29, 1.82) is 0 Å². The van der Waals surface area contributed by atoms with Gasteiger partial charge in [-0.05, 0) is 24.8 Å². The number of ether oxygens (including phenoxy) is 1. The van der Waals surface area contributed by atoms with Crippen LogP contribution in [0.4, 0.5) is 0 Å². The fourth-order valence-electron chi connectivity index (χ4n) is 1.39. The Bertz CT molecular complexity index is 481. The van der Waals surface area contributed by atoms with Crippen molar-refractivity contribution in [2.24, 2.45) is 5.73 Å². The normalized spacial score (nSPS) is 12.9. The highest BCUT2D eigenvalue weighted by atomic mass is 32.1. The molecule has 0 aromatic carbocycles. The summed E-state index contributed by atoms with van der Waals surface area (Å²) in [4.78, 5) is 4.29. The van der Waals surface area contributed by atoms with E-state index in [1.165, 1.54) is 0 Å². The second-order valence-electron chi connectivity index (χ2n) is 3.69. The molecule has 0 saturated carbocycles. The van der Waals surface area contributed by atoms with Crippen molar-refractivity contribution in [3.05, 3.63) is 22.1 Å². The molecule has 0 fully saturated rings. The van der Waals surface area contributed by atoms with E-state index in [0.717, 1.165) is 11.1 Å². The molecule has 0 radical (unpaired) electrons. The maximum absolute atomic E-state index is 5.88. The molecule has 5 nitrogen and oxygen atoms in total. The highest BCUT2D eigenvalue weighted by Crippen LogP contribution is 2.25. The van der Waals surface area contributed by atoms with Crippen molar-refractivity contribution in [2.75, 3.05) is 13.2 Å². The Kier molecular flexibility index (Phi) is 3.88. The lowest BCUT2D eigenvalue weighted by Crippen LogP contribution is -2.18. The van der Waals surface area contributed by atoms with E-state index in [1.54, 1.807) is 11.3 Å². The van der Waals surface area contributed by atoms with E-state index in [0.29, 0.717) is 24.9 Å². The van der Waals surface area contributed by atoms with Crippen molar-refractivity contribution in [3.8, 4) is 11.5 Å². The third kappa shape index (κ3) is 2.71. The van der Waals surface area contributed by atoms with Gasteiger partial charge in [0.15, 0.2) is 5.82 Å². The van der Waals surface area contributed by atoms with Crippen LogP contribution in [0.1, 0.15) is 24.4 Å². The van der Waals surface area contributed by atoms with Gasteiger partial charge in [0.1, 0.15) is 0 Å². The van der Waals surface area contributed by atoms with Crippen LogP contribution in [0, 0.1) is 6.92 Å². The second kappa shape index (κ2) is 5.39. The van der Waals surface area contributed by atoms with Crippen LogP contribution in [0.3, 0.4) is 0 Å². The summed E-state index contributed by atoms with van der Waals surface area (Å²) in [6, 6.07) is -0.341. The number of hydrogen-bond donors (Lipinski definition) is 1. The van der Waals surface area contributed by atoms with Crippen molar-refractivity contribution < 1.29 is 9.26 Å². The number of nitrogens with two attached hydrogens (primary N) is 1. The van der Waals surface area contributed by atoms with Crippen molar-refractivity contribution >= 4 is 11.3 Å². The Morgan fingerprint density at radius 2 is 2.35 bits per heavy atom. The summed E-state index contributed by atoms with van der Waals surface area (Å²) in [5.41, 5.74) is 7.98. The Balaban J connectivity index is 2.13. The molecule has 1 atom stereocenters. The first-order valence-electron chi connectivity index (χ1n) is 5.42. The number of aromatic nitrogens is 2. The monoisotopic (exact) mass is 253 g/mol. The zero-order valence-electron chi connectivity index (χ0n) is 9.84. The van der Waals surface area contributed by atoms with Crippen LogP contribution in [0.2, 0.25) is 0 Å². The van der Waals surface area contributed by atoms with Gasteiger partial charge in [0.05, 0.1) is 18.2 Å². The Hall–Kier alpha value is -1.24. The van der Waals surface area contributed by atoms with Crippen LogP contribution in [0.15, 0.2) is 15.3 Å². The second-order valence-corrected chi connectivity index (χ2v) is 4.44. The van der Waals surface area contributed by atoms with Crippen LogP contribution in [-0.2, 0) is 4.74 Å². The first-order chi connectivity index (χ1) is 8.22. The van der Waals surface area contributed by atoms with E-state index in [1.807, 2.05) is 24.6 Å². The summed E-state index contributed by atoms with van der Waals surface area (Å²) in [7, 11) is 0. The zero-order valence-corrected chi connectivity index (χ0v) is 10.7. The summed E-state index contributed by atoms with van der Waals surface area (Å²) in [5.74, 6) is 1.00. The maximum atomic E-state index is 5.88. The molecule has 0 bridgehead atoms. The summed E-state index contributed by atoms with van der Waals surface area (Å²) < 4.78 is 10.4. The van der Waals surface area contributed by atoms with Gasteiger partial charge in [0.25, 0.3) is 5.89 Å². The molecule has 6 heteroatoms. The van der Waals surface area contributed by atoms with Crippen LogP contribution in [-0.4, -0.2) is 23.4 Å². The lowest BCUT2D eigenvalue weighted by Gasteiger charge is -2.05. The molecule has 0 aliphatic heterocycles. The topological polar surface area (TPSA) is 74.2 Å². The average molecular weight is 253 g/mol. The molecule has 0 aliphatic rings.